The summed E-state index contributed by atoms with van der Waals surface area (Å²) in [6.45, 7) is -9.15. The minimum atomic E-state index is -3.88. The monoisotopic (exact) mass is 431 g/mol. The molecule has 5 heteroatoms. The second-order valence-electron chi connectivity index (χ2n) is 6.26. The van der Waals surface area contributed by atoms with Crippen LogP contribution in [-0.2, 0) is 17.7 Å². The number of hydrogen-bond donors (Lipinski definition) is 4. The molecule has 1 unspecified atom stereocenters. The highest BCUT2D eigenvalue weighted by Gasteiger charge is 2.11. The van der Waals surface area contributed by atoms with Crippen LogP contribution in [0.15, 0.2) is 48.5 Å². The Kier molecular flexibility index (Phi) is 5.29. The summed E-state index contributed by atoms with van der Waals surface area (Å²) in [4.78, 5) is 0. The summed E-state index contributed by atoms with van der Waals surface area (Å²) in [6.07, 6.45) is -13.0. The predicted octanol–water partition coefficient (Wildman–Crippen LogP) is 3.08. The maximum Gasteiger partial charge on any atom is 0.128 e. The van der Waals surface area contributed by atoms with E-state index in [9.17, 15) is 15.3 Å². The Balaban J connectivity index is 2.03. The van der Waals surface area contributed by atoms with Crippen LogP contribution in [0.4, 0.5) is 0 Å². The third kappa shape index (κ3) is 9.72. The Morgan fingerprint density at radius 2 is 1.87 bits per heavy atom. The molecule has 2 aromatic carbocycles. The minimum absolute atomic E-state index is 0.0557. The van der Waals surface area contributed by atoms with Crippen molar-refractivity contribution < 1.29 is 45.9 Å². The van der Waals surface area contributed by atoms with Gasteiger partial charge in [-0.15, -0.1) is 0 Å². The lowest BCUT2D eigenvalue weighted by molar-refractivity contribution is -0.662. The lowest BCUT2D eigenvalue weighted by Gasteiger charge is -2.12. The Morgan fingerprint density at radius 1 is 1.07 bits per heavy atom. The molecule has 0 aliphatic carbocycles. The van der Waals surface area contributed by atoms with Crippen LogP contribution in [0.5, 0.6) is 5.75 Å². The van der Waals surface area contributed by atoms with Crippen LogP contribution in [0.1, 0.15) is 81.8 Å². The molecule has 0 bridgehead atoms. The average Bonchev–Trinajstić information content (AvgIpc) is 2.88. The van der Waals surface area contributed by atoms with Crippen molar-refractivity contribution in [2.75, 3.05) is 26.2 Å². The van der Waals surface area contributed by atoms with Crippen LogP contribution in [0.2, 0.25) is 0 Å². The first kappa shape index (κ1) is 10.6. The number of ether oxygens (including phenoxy) is 1. The Bertz CT molecular complexity index is 1300. The minimum Gasteiger partial charge on any atom is -0.508 e. The Morgan fingerprint density at radius 3 is 2.67 bits per heavy atom. The van der Waals surface area contributed by atoms with Crippen molar-refractivity contribution in [2.45, 2.75) is 57.5 Å². The fourth-order valence-corrected chi connectivity index (χ4v) is 2.41. The molecule has 0 saturated heterocycles. The summed E-state index contributed by atoms with van der Waals surface area (Å²) in [6, 6.07) is 3.90. The second-order valence-corrected chi connectivity index (χ2v) is 6.26. The molecule has 30 heavy (non-hydrogen) atoms. The topological polar surface area (TPSA) is 86.5 Å². The highest BCUT2D eigenvalue weighted by molar-refractivity contribution is 5.36. The van der Waals surface area contributed by atoms with E-state index in [2.05, 4.69) is 0 Å². The average molecular weight is 432 g/mol. The molecule has 0 saturated carbocycles. The van der Waals surface area contributed by atoms with Crippen molar-refractivity contribution in [1.82, 2.24) is 0 Å². The molecule has 2 aromatic rings. The zero-order chi connectivity index (χ0) is 34.8. The molecule has 2 rings (SSSR count). The quantitative estimate of drug-likeness (QED) is 0.308. The third-order valence-corrected chi connectivity index (χ3v) is 4.02. The highest BCUT2D eigenvalue weighted by atomic mass is 16.5. The van der Waals surface area contributed by atoms with Crippen LogP contribution in [0.3, 0.4) is 0 Å². The van der Waals surface area contributed by atoms with Gasteiger partial charge in [-0.25, -0.2) is 0 Å². The van der Waals surface area contributed by atoms with Crippen molar-refractivity contribution in [1.29, 1.82) is 0 Å². The van der Waals surface area contributed by atoms with Crippen molar-refractivity contribution in [3.63, 3.8) is 0 Å². The summed E-state index contributed by atoms with van der Waals surface area (Å²) in [5.41, 5.74) is -0.364. The van der Waals surface area contributed by atoms with Gasteiger partial charge in [0, 0.05) is 26.9 Å². The van der Waals surface area contributed by atoms with E-state index in [0.29, 0.717) is 5.56 Å². The van der Waals surface area contributed by atoms with Gasteiger partial charge in [-0.3, -0.25) is 0 Å². The van der Waals surface area contributed by atoms with Gasteiger partial charge in [-0.1, -0.05) is 42.7 Å². The van der Waals surface area contributed by atoms with Gasteiger partial charge in [0.05, 0.1) is 25.4 Å². The standard InChI is InChI=1S/C25H37NO4/c27-20-23-18-22(13-14-24(23)28)25(29)19-26-15-7-1-2-8-16-30-17-9-6-12-21-10-4-3-5-11-21/h3-5,10-11,13-14,18,25-29H,1-2,6-9,12,15-17,19-20H2/p+1/i3D,6D2,9D2,10D,11D,12D2,15D2,16D2,17D2. The van der Waals surface area contributed by atoms with Gasteiger partial charge < -0.3 is 25.4 Å². The number of aliphatic hydroxyl groups excluding tert-OH is 2. The lowest BCUT2D eigenvalue weighted by atomic mass is 10.1. The van der Waals surface area contributed by atoms with Gasteiger partial charge in [0.15, 0.2) is 0 Å². The Hall–Kier alpha value is -1.92. The van der Waals surface area contributed by atoms with Crippen LogP contribution >= 0.6 is 0 Å². The van der Waals surface area contributed by atoms with Crippen LogP contribution in [0.25, 0.3) is 0 Å². The van der Waals surface area contributed by atoms with E-state index in [1.54, 1.807) is 0 Å². The van der Waals surface area contributed by atoms with E-state index < -0.39 is 75.5 Å². The summed E-state index contributed by atoms with van der Waals surface area (Å²) < 4.78 is 126. The van der Waals surface area contributed by atoms with Gasteiger partial charge in [-0.2, -0.15) is 0 Å². The number of phenols is 1. The van der Waals surface area contributed by atoms with Gasteiger partial charge in [0.1, 0.15) is 18.4 Å². The fourth-order valence-electron chi connectivity index (χ4n) is 2.41. The number of rotatable bonds is 16. The van der Waals surface area contributed by atoms with Gasteiger partial charge >= 0.3 is 0 Å². The SMILES string of the molecule is [2H]c1cc([2H])c(C([2H])([2H])C([2H])([2H])C([2H])([2H])C([2H])([2H])OC([2H])([2H])CCCCC([2H])([2H])[NH2+]CC(O)c2ccc(O)c(CO)c2)c([2H])c1. The van der Waals surface area contributed by atoms with Crippen LogP contribution in [0, 0.1) is 0 Å². The summed E-state index contributed by atoms with van der Waals surface area (Å²) in [7, 11) is 0. The van der Waals surface area contributed by atoms with Crippen molar-refractivity contribution in [2.24, 2.45) is 0 Å². The van der Waals surface area contributed by atoms with Crippen molar-refractivity contribution in [3.8, 4) is 5.75 Å². The third-order valence-electron chi connectivity index (χ3n) is 4.02. The summed E-state index contributed by atoms with van der Waals surface area (Å²) >= 11 is 0. The van der Waals surface area contributed by atoms with Gasteiger partial charge in [0.25, 0.3) is 0 Å². The molecule has 166 valence electrons. The Labute approximate surface area is 201 Å². The number of hydrogen-bond acceptors (Lipinski definition) is 4. The van der Waals surface area contributed by atoms with E-state index in [4.69, 9.17) is 25.3 Å². The first-order chi connectivity index (χ1) is 20.3. The zero-order valence-corrected chi connectivity index (χ0v) is 16.5. The van der Waals surface area contributed by atoms with E-state index in [0.717, 1.165) is 12.1 Å². The lowest BCUT2D eigenvalue weighted by Crippen LogP contribution is -2.85. The number of aromatic hydroxyl groups is 1. The second kappa shape index (κ2) is 15.0. The van der Waals surface area contributed by atoms with Gasteiger partial charge in [-0.05, 0) is 61.6 Å². The number of nitrogens with two attached hydrogens (primary N) is 1. The number of quaternary nitrogens is 1. The normalized spacial score (nSPS) is 22.4. The largest absolute Gasteiger partial charge is 0.508 e. The highest BCUT2D eigenvalue weighted by Crippen LogP contribution is 2.21. The summed E-state index contributed by atoms with van der Waals surface area (Å²) in [5, 5.41) is 30.5. The number of unbranched alkanes of at least 4 members (excludes halogenated alkanes) is 1. The zero-order valence-electron chi connectivity index (χ0n) is 31.5. The van der Waals surface area contributed by atoms with Crippen molar-refractivity contribution in [3.05, 3.63) is 65.1 Å². The molecule has 5 nitrogen and oxygen atoms in total. The smallest absolute Gasteiger partial charge is 0.128 e. The van der Waals surface area contributed by atoms with Crippen molar-refractivity contribution >= 4 is 0 Å². The molecule has 0 spiro atoms. The molecular weight excluding hydrogens is 378 g/mol. The van der Waals surface area contributed by atoms with E-state index in [1.807, 2.05) is 0 Å². The molecule has 0 amide bonds. The predicted molar refractivity (Wildman–Crippen MR) is 119 cm³/mol. The molecule has 0 heterocycles. The molecule has 0 radical (unpaired) electrons. The maximum atomic E-state index is 10.4. The number of benzene rings is 2. The first-order valence-corrected chi connectivity index (χ1v) is 9.55. The van der Waals surface area contributed by atoms with Crippen LogP contribution < -0.4 is 5.32 Å². The number of aliphatic hydroxyl groups is 2. The van der Waals surface area contributed by atoms with Gasteiger partial charge in [0.2, 0.25) is 0 Å². The van der Waals surface area contributed by atoms with Crippen LogP contribution in [-0.4, -0.2) is 41.5 Å². The van der Waals surface area contributed by atoms with E-state index >= 15 is 0 Å². The van der Waals surface area contributed by atoms with E-state index in [1.165, 1.54) is 23.5 Å². The van der Waals surface area contributed by atoms with E-state index in [-0.39, 0.29) is 43.2 Å². The molecule has 1 atom stereocenters. The molecule has 0 aliphatic heterocycles. The maximum absolute atomic E-state index is 10.4. The first-order valence-electron chi connectivity index (χ1n) is 17.1. The molecule has 5 N–H and O–H groups in total. The molecular formula is C25H38NO4+. The molecule has 0 aromatic heterocycles. The fraction of sp³-hybridized carbons (Fsp3) is 0.520. The summed E-state index contributed by atoms with van der Waals surface area (Å²) in [5.74, 6) is -0.151. The molecule has 0 aliphatic rings. The molecule has 0 fully saturated rings.